The summed E-state index contributed by atoms with van der Waals surface area (Å²) in [6, 6.07) is 6.36. The summed E-state index contributed by atoms with van der Waals surface area (Å²) >= 11 is 0.955. The molecular weight excluding hydrogens is 522 g/mol. The number of Topliss-reactive ketones (excluding diaryl/α,β-unsaturated/α-hetero) is 1. The van der Waals surface area contributed by atoms with Crippen molar-refractivity contribution in [2.45, 2.75) is 52.9 Å². The molecule has 1 aliphatic rings. The average Bonchev–Trinajstić information content (AvgIpc) is 3.06. The summed E-state index contributed by atoms with van der Waals surface area (Å²) in [5, 5.41) is 21.4. The zero-order chi connectivity index (χ0) is 28.5. The zero-order valence-electron chi connectivity index (χ0n) is 22.3. The monoisotopic (exact) mass is 553 g/mol. The van der Waals surface area contributed by atoms with Crippen LogP contribution in [0.3, 0.4) is 0 Å². The molecule has 10 nitrogen and oxygen atoms in total. The molecule has 2 heterocycles. The summed E-state index contributed by atoms with van der Waals surface area (Å²) in [5.41, 5.74) is 1.20. The predicted molar refractivity (Wildman–Crippen MR) is 147 cm³/mol. The van der Waals surface area contributed by atoms with Crippen LogP contribution in [0.2, 0.25) is 0 Å². The Hall–Kier alpha value is -4.04. The Morgan fingerprint density at radius 2 is 1.74 bits per heavy atom. The van der Waals surface area contributed by atoms with Crippen molar-refractivity contribution in [1.29, 1.82) is 5.26 Å². The van der Waals surface area contributed by atoms with E-state index in [2.05, 4.69) is 4.90 Å². The second-order valence-electron chi connectivity index (χ2n) is 8.97. The van der Waals surface area contributed by atoms with Crippen molar-refractivity contribution in [3.05, 3.63) is 60.3 Å². The zero-order valence-corrected chi connectivity index (χ0v) is 23.1. The number of nitriles is 1. The molecule has 0 aliphatic carbocycles. The SMILES string of the molecule is CCOC(=O)c1sc(CC(=O)/C(C#N)=C\c2cc([N+](=O)[O-])ccc2N2CCCCCC2)c(C(=O)OCC)c1C. The number of carbonyl (C=O) groups is 3. The smallest absolute Gasteiger partial charge is 0.348 e. The van der Waals surface area contributed by atoms with E-state index < -0.39 is 22.6 Å². The van der Waals surface area contributed by atoms with E-state index in [1.807, 2.05) is 6.07 Å². The van der Waals surface area contributed by atoms with Crippen LogP contribution in [0, 0.1) is 28.4 Å². The number of allylic oxidation sites excluding steroid dienone is 1. The van der Waals surface area contributed by atoms with E-state index in [4.69, 9.17) is 9.47 Å². The minimum atomic E-state index is -0.672. The van der Waals surface area contributed by atoms with Crippen molar-refractivity contribution < 1.29 is 28.8 Å². The van der Waals surface area contributed by atoms with Gasteiger partial charge in [-0.2, -0.15) is 5.26 Å². The van der Waals surface area contributed by atoms with Crippen LogP contribution in [0.1, 0.15) is 75.6 Å². The van der Waals surface area contributed by atoms with Gasteiger partial charge in [0.25, 0.3) is 5.69 Å². The Balaban J connectivity index is 2.03. The maximum atomic E-state index is 13.4. The van der Waals surface area contributed by atoms with Gasteiger partial charge < -0.3 is 14.4 Å². The van der Waals surface area contributed by atoms with Crippen molar-refractivity contribution >= 4 is 46.5 Å². The van der Waals surface area contributed by atoms with Gasteiger partial charge in [-0.25, -0.2) is 9.59 Å². The molecule has 0 atom stereocenters. The number of ketones is 1. The van der Waals surface area contributed by atoms with E-state index in [-0.39, 0.29) is 46.2 Å². The molecule has 0 radical (unpaired) electrons. The van der Waals surface area contributed by atoms with Gasteiger partial charge in [-0.15, -0.1) is 11.3 Å². The van der Waals surface area contributed by atoms with Gasteiger partial charge in [0.2, 0.25) is 0 Å². The number of thiophene rings is 1. The van der Waals surface area contributed by atoms with Crippen LogP contribution in [0.4, 0.5) is 11.4 Å². The second kappa shape index (κ2) is 13.7. The number of hydrogen-bond acceptors (Lipinski definition) is 10. The molecule has 0 unspecified atom stereocenters. The van der Waals surface area contributed by atoms with E-state index in [0.717, 1.165) is 50.1 Å². The van der Waals surface area contributed by atoms with Crippen molar-refractivity contribution in [3.63, 3.8) is 0 Å². The van der Waals surface area contributed by atoms with Gasteiger partial charge in [0.15, 0.2) is 5.78 Å². The number of esters is 2. The molecule has 1 fully saturated rings. The first kappa shape index (κ1) is 29.5. The van der Waals surface area contributed by atoms with Crippen molar-refractivity contribution in [2.24, 2.45) is 0 Å². The van der Waals surface area contributed by atoms with Crippen LogP contribution < -0.4 is 4.90 Å². The van der Waals surface area contributed by atoms with E-state index in [0.29, 0.717) is 16.8 Å². The number of nitrogens with zero attached hydrogens (tertiary/aromatic N) is 3. The summed E-state index contributed by atoms with van der Waals surface area (Å²) < 4.78 is 10.2. The highest BCUT2D eigenvalue weighted by Gasteiger charge is 2.28. The number of non-ortho nitro benzene ring substituents is 1. The molecule has 206 valence electrons. The fourth-order valence-electron chi connectivity index (χ4n) is 4.50. The van der Waals surface area contributed by atoms with E-state index in [1.165, 1.54) is 18.2 Å². The van der Waals surface area contributed by atoms with E-state index in [9.17, 15) is 29.8 Å². The maximum absolute atomic E-state index is 13.4. The first-order valence-corrected chi connectivity index (χ1v) is 13.7. The molecule has 0 spiro atoms. The largest absolute Gasteiger partial charge is 0.462 e. The minimum absolute atomic E-state index is 0.103. The lowest BCUT2D eigenvalue weighted by Gasteiger charge is -2.24. The number of hydrogen-bond donors (Lipinski definition) is 0. The molecule has 1 aromatic heterocycles. The lowest BCUT2D eigenvalue weighted by molar-refractivity contribution is -0.384. The predicted octanol–water partition coefficient (Wildman–Crippen LogP) is 5.42. The van der Waals surface area contributed by atoms with Crippen LogP contribution in [0.5, 0.6) is 0 Å². The lowest BCUT2D eigenvalue weighted by Crippen LogP contribution is -2.24. The summed E-state index contributed by atoms with van der Waals surface area (Å²) in [7, 11) is 0. The van der Waals surface area contributed by atoms with Gasteiger partial charge in [-0.3, -0.25) is 14.9 Å². The Labute approximate surface area is 231 Å². The molecule has 3 rings (SSSR count). The van der Waals surface area contributed by atoms with E-state index in [1.54, 1.807) is 26.8 Å². The minimum Gasteiger partial charge on any atom is -0.462 e. The van der Waals surface area contributed by atoms with Crippen LogP contribution in [-0.4, -0.2) is 48.9 Å². The third kappa shape index (κ3) is 7.09. The Morgan fingerprint density at radius 3 is 2.33 bits per heavy atom. The highest BCUT2D eigenvalue weighted by Crippen LogP contribution is 2.33. The van der Waals surface area contributed by atoms with Gasteiger partial charge in [-0.1, -0.05) is 12.8 Å². The van der Waals surface area contributed by atoms with Crippen molar-refractivity contribution in [2.75, 3.05) is 31.2 Å². The molecule has 0 saturated carbocycles. The Bertz CT molecular complexity index is 1330. The fraction of sp³-hybridized carbons (Fsp3) is 0.429. The van der Waals surface area contributed by atoms with Gasteiger partial charge in [0.05, 0.1) is 29.3 Å². The highest BCUT2D eigenvalue weighted by atomic mass is 32.1. The van der Waals surface area contributed by atoms with Crippen LogP contribution in [0.25, 0.3) is 6.08 Å². The first-order chi connectivity index (χ1) is 18.7. The summed E-state index contributed by atoms with van der Waals surface area (Å²) in [6.07, 6.45) is 5.17. The van der Waals surface area contributed by atoms with Gasteiger partial charge in [-0.05, 0) is 51.3 Å². The molecule has 39 heavy (non-hydrogen) atoms. The standard InChI is InChI=1S/C28H31N3O7S/c1-4-37-27(33)25-18(3)26(28(34)38-5-2)39-24(25)16-23(32)20(17-29)14-19-15-21(31(35)36)10-11-22(19)30-12-8-6-7-9-13-30/h10-11,14-15H,4-9,12-13,16H2,1-3H3/b20-14-. The normalized spacial score (nSPS) is 13.8. The van der Waals surface area contributed by atoms with Gasteiger partial charge in [0.1, 0.15) is 10.9 Å². The molecule has 2 aromatic rings. The van der Waals surface area contributed by atoms with Crippen LogP contribution in [-0.2, 0) is 20.7 Å². The number of nitro groups is 1. The molecular formula is C28H31N3O7S. The number of carbonyl (C=O) groups excluding carboxylic acids is 3. The van der Waals surface area contributed by atoms with Crippen molar-refractivity contribution in [3.8, 4) is 6.07 Å². The number of ether oxygens (including phenoxy) is 2. The number of nitro benzene ring substituents is 1. The Kier molecular flexibility index (Phi) is 10.3. The molecule has 0 bridgehead atoms. The summed E-state index contributed by atoms with van der Waals surface area (Å²) in [4.78, 5) is 52.1. The first-order valence-electron chi connectivity index (χ1n) is 12.9. The molecule has 0 amide bonds. The summed E-state index contributed by atoms with van der Waals surface area (Å²) in [6.45, 7) is 6.67. The van der Waals surface area contributed by atoms with Gasteiger partial charge >= 0.3 is 11.9 Å². The number of benzene rings is 1. The highest BCUT2D eigenvalue weighted by molar-refractivity contribution is 7.14. The average molecular weight is 554 g/mol. The number of rotatable bonds is 10. The quantitative estimate of drug-likeness (QED) is 0.124. The van der Waals surface area contributed by atoms with Crippen molar-refractivity contribution in [1.82, 2.24) is 0 Å². The summed E-state index contributed by atoms with van der Waals surface area (Å²) in [5.74, 6) is -1.87. The molecule has 1 aromatic carbocycles. The van der Waals surface area contributed by atoms with Gasteiger partial charge in [0, 0.05) is 47.8 Å². The van der Waals surface area contributed by atoms with Crippen LogP contribution in [0.15, 0.2) is 23.8 Å². The molecule has 11 heteroatoms. The second-order valence-corrected chi connectivity index (χ2v) is 10.1. The maximum Gasteiger partial charge on any atom is 0.348 e. The van der Waals surface area contributed by atoms with Crippen LogP contribution >= 0.6 is 11.3 Å². The lowest BCUT2D eigenvalue weighted by atomic mass is 10.0. The topological polar surface area (TPSA) is 140 Å². The molecule has 0 N–H and O–H groups in total. The third-order valence-electron chi connectivity index (χ3n) is 6.37. The number of anilines is 1. The Morgan fingerprint density at radius 1 is 1.10 bits per heavy atom. The molecule has 1 saturated heterocycles. The molecule has 1 aliphatic heterocycles. The van der Waals surface area contributed by atoms with E-state index >= 15 is 0 Å². The third-order valence-corrected chi connectivity index (χ3v) is 7.64. The fourth-order valence-corrected chi connectivity index (χ4v) is 5.69.